The summed E-state index contributed by atoms with van der Waals surface area (Å²) in [7, 11) is 0. The summed E-state index contributed by atoms with van der Waals surface area (Å²) in [6, 6.07) is -1.08. The maximum atomic E-state index is 13.3. The highest BCUT2D eigenvalue weighted by atomic mass is 16.5. The van der Waals surface area contributed by atoms with Crippen LogP contribution in [0.15, 0.2) is 36.1 Å². The zero-order valence-electron chi connectivity index (χ0n) is 29.1. The molecule has 260 valence electrons. The summed E-state index contributed by atoms with van der Waals surface area (Å²) in [5, 5.41) is 8.32. The van der Waals surface area contributed by atoms with Gasteiger partial charge in [0.1, 0.15) is 12.1 Å². The minimum atomic E-state index is -1.08. The van der Waals surface area contributed by atoms with Crippen molar-refractivity contribution in [2.24, 2.45) is 29.4 Å². The van der Waals surface area contributed by atoms with Gasteiger partial charge in [-0.05, 0) is 51.0 Å². The van der Waals surface area contributed by atoms with E-state index in [4.69, 9.17) is 10.5 Å². The second kappa shape index (κ2) is 22.2. The number of hydrogen-bond acceptors (Lipinski definition) is 7. The Morgan fingerprint density at radius 2 is 1.72 bits per heavy atom. The molecule has 0 aromatic rings. The fourth-order valence-corrected chi connectivity index (χ4v) is 5.14. The van der Waals surface area contributed by atoms with E-state index in [-0.39, 0.29) is 42.7 Å². The molecule has 1 aliphatic heterocycles. The number of amides is 3. The van der Waals surface area contributed by atoms with Crippen molar-refractivity contribution in [1.82, 2.24) is 16.0 Å². The number of cyclic esters (lactones) is 1. The van der Waals surface area contributed by atoms with Crippen LogP contribution in [-0.2, 0) is 28.7 Å². The van der Waals surface area contributed by atoms with Crippen LogP contribution in [0, 0.1) is 23.7 Å². The summed E-state index contributed by atoms with van der Waals surface area (Å²) in [5.41, 5.74) is 6.50. The van der Waals surface area contributed by atoms with Crippen LogP contribution in [0.3, 0.4) is 0 Å². The molecule has 1 heterocycles. The van der Waals surface area contributed by atoms with E-state index in [9.17, 15) is 24.0 Å². The molecule has 10 heteroatoms. The summed E-state index contributed by atoms with van der Waals surface area (Å²) in [6.07, 6.45) is 14.3. The van der Waals surface area contributed by atoms with Crippen LogP contribution in [0.4, 0.5) is 0 Å². The fraction of sp³-hybridized carbons (Fsp3) is 0.694. The van der Waals surface area contributed by atoms with E-state index in [1.54, 1.807) is 13.0 Å². The molecular formula is C36H60N4O6. The van der Waals surface area contributed by atoms with Crippen molar-refractivity contribution in [2.45, 2.75) is 124 Å². The largest absolute Gasteiger partial charge is 0.460 e. The molecule has 10 nitrogen and oxygen atoms in total. The lowest BCUT2D eigenvalue weighted by molar-refractivity contribution is -0.156. The molecule has 0 aromatic carbocycles. The van der Waals surface area contributed by atoms with E-state index in [2.05, 4.69) is 42.5 Å². The molecule has 0 spiro atoms. The number of unbranched alkanes of at least 4 members (excludes halogenated alkanes) is 3. The van der Waals surface area contributed by atoms with Crippen LogP contribution in [0.5, 0.6) is 0 Å². The maximum absolute atomic E-state index is 13.3. The van der Waals surface area contributed by atoms with Crippen molar-refractivity contribution in [2.75, 3.05) is 13.1 Å². The van der Waals surface area contributed by atoms with E-state index in [0.717, 1.165) is 18.4 Å². The zero-order valence-corrected chi connectivity index (χ0v) is 29.1. The monoisotopic (exact) mass is 644 g/mol. The number of rotatable bonds is 17. The number of ketones is 1. The average Bonchev–Trinajstić information content (AvgIpc) is 3.01. The summed E-state index contributed by atoms with van der Waals surface area (Å²) >= 11 is 0. The summed E-state index contributed by atoms with van der Waals surface area (Å²) in [4.78, 5) is 63.0. The smallest absolute Gasteiger partial charge is 0.328 e. The Labute approximate surface area is 276 Å². The quantitative estimate of drug-likeness (QED) is 0.0749. The molecule has 0 aromatic heterocycles. The van der Waals surface area contributed by atoms with E-state index in [1.807, 2.05) is 26.8 Å². The minimum absolute atomic E-state index is 0.0133. The number of ether oxygens (including phenoxy) is 1. The van der Waals surface area contributed by atoms with Gasteiger partial charge in [-0.2, -0.15) is 0 Å². The van der Waals surface area contributed by atoms with Crippen LogP contribution in [0.2, 0.25) is 0 Å². The molecule has 0 saturated carbocycles. The standard InChI is InChI=1S/C36H60N4O6/c1-8-9-10-11-13-24(2)14-12-15-25(3)16-19-31(41)26(4)17-20-32-27(5)22-38-29(7)35(44)39-23-28(6)34(43)40-30(36(45)46-32)18-21-33(37)42/h15-16,19,24,26-28,30,32,38H,7-14,17-18,20-23H2,1-6H3,(H2,37,42)(H,39,44)(H,40,43)/b19-16+,25-15+. The van der Waals surface area contributed by atoms with Gasteiger partial charge in [0.2, 0.25) is 11.8 Å². The molecule has 0 radical (unpaired) electrons. The molecule has 1 rings (SSSR count). The molecule has 6 unspecified atom stereocenters. The normalized spacial score (nSPS) is 23.5. The number of nitrogens with two attached hydrogens (primary N) is 1. The molecule has 1 saturated heterocycles. The van der Waals surface area contributed by atoms with Crippen LogP contribution >= 0.6 is 0 Å². The number of carbonyl (C=O) groups excluding carboxylic acids is 5. The summed E-state index contributed by atoms with van der Waals surface area (Å²) in [5.74, 6) is -2.74. The van der Waals surface area contributed by atoms with Gasteiger partial charge in [0.05, 0.1) is 11.6 Å². The first-order chi connectivity index (χ1) is 21.7. The molecule has 0 aliphatic carbocycles. The molecule has 5 N–H and O–H groups in total. The minimum Gasteiger partial charge on any atom is -0.460 e. The van der Waals surface area contributed by atoms with Crippen molar-refractivity contribution in [3.05, 3.63) is 36.1 Å². The molecule has 3 amide bonds. The predicted molar refractivity (Wildman–Crippen MR) is 182 cm³/mol. The molecule has 1 fully saturated rings. The van der Waals surface area contributed by atoms with Gasteiger partial charge in [0.25, 0.3) is 5.91 Å². The van der Waals surface area contributed by atoms with Crippen LogP contribution < -0.4 is 21.7 Å². The van der Waals surface area contributed by atoms with E-state index < -0.39 is 41.8 Å². The van der Waals surface area contributed by atoms with Gasteiger partial charge in [-0.25, -0.2) is 4.79 Å². The van der Waals surface area contributed by atoms with E-state index >= 15 is 0 Å². The van der Waals surface area contributed by atoms with Crippen LogP contribution in [0.1, 0.15) is 112 Å². The SMILES string of the molecule is C=C1NCC(C)C(CCC(C)C(=O)/C=C/C(C)=C/CCC(C)CCCCCC)OC(=O)C(CCC(N)=O)NC(=O)C(C)CNC1=O. The number of primary amides is 1. The number of esters is 1. The van der Waals surface area contributed by atoms with Gasteiger partial charge in [-0.15, -0.1) is 0 Å². The Morgan fingerprint density at radius 1 is 1.00 bits per heavy atom. The second-order valence-electron chi connectivity index (χ2n) is 13.2. The van der Waals surface area contributed by atoms with Gasteiger partial charge < -0.3 is 26.4 Å². The highest BCUT2D eigenvalue weighted by Gasteiger charge is 2.31. The van der Waals surface area contributed by atoms with Crippen LogP contribution in [0.25, 0.3) is 0 Å². The lowest BCUT2D eigenvalue weighted by Crippen LogP contribution is -2.49. The van der Waals surface area contributed by atoms with Gasteiger partial charge in [0.15, 0.2) is 5.78 Å². The Kier molecular flexibility index (Phi) is 19.6. The highest BCUT2D eigenvalue weighted by molar-refractivity contribution is 5.93. The van der Waals surface area contributed by atoms with Gasteiger partial charge in [-0.3, -0.25) is 19.2 Å². The number of hydrogen-bond donors (Lipinski definition) is 4. The number of allylic oxidation sites excluding steroid dienone is 4. The van der Waals surface area contributed by atoms with Gasteiger partial charge in [-0.1, -0.05) is 91.0 Å². The summed E-state index contributed by atoms with van der Waals surface area (Å²) in [6.45, 7) is 16.0. The highest BCUT2D eigenvalue weighted by Crippen LogP contribution is 2.21. The maximum Gasteiger partial charge on any atom is 0.328 e. The first kappa shape index (κ1) is 40.6. The number of carbonyl (C=O) groups is 5. The van der Waals surface area contributed by atoms with Crippen molar-refractivity contribution < 1.29 is 28.7 Å². The first-order valence-electron chi connectivity index (χ1n) is 17.1. The lowest BCUT2D eigenvalue weighted by atomic mass is 9.92. The first-order valence-corrected chi connectivity index (χ1v) is 17.1. The van der Waals surface area contributed by atoms with Crippen molar-refractivity contribution in [1.29, 1.82) is 0 Å². The molecular weight excluding hydrogens is 584 g/mol. The third-order valence-electron chi connectivity index (χ3n) is 8.67. The molecule has 6 atom stereocenters. The lowest BCUT2D eigenvalue weighted by Gasteiger charge is -2.29. The molecule has 46 heavy (non-hydrogen) atoms. The van der Waals surface area contributed by atoms with Gasteiger partial charge in [0, 0.05) is 31.3 Å². The second-order valence-corrected chi connectivity index (χ2v) is 13.2. The topological polar surface area (TPSA) is 157 Å². The third-order valence-corrected chi connectivity index (χ3v) is 8.67. The molecule has 0 bridgehead atoms. The molecule has 1 aliphatic rings. The Bertz CT molecular complexity index is 1080. The van der Waals surface area contributed by atoms with Crippen molar-refractivity contribution >= 4 is 29.5 Å². The Morgan fingerprint density at radius 3 is 2.39 bits per heavy atom. The van der Waals surface area contributed by atoms with Gasteiger partial charge >= 0.3 is 5.97 Å². The summed E-state index contributed by atoms with van der Waals surface area (Å²) < 4.78 is 5.91. The fourth-order valence-electron chi connectivity index (χ4n) is 5.14. The van der Waals surface area contributed by atoms with Crippen molar-refractivity contribution in [3.63, 3.8) is 0 Å². The zero-order chi connectivity index (χ0) is 34.6. The van der Waals surface area contributed by atoms with Crippen LogP contribution in [-0.4, -0.2) is 54.7 Å². The number of nitrogens with one attached hydrogen (secondary N) is 3. The average molecular weight is 645 g/mol. The van der Waals surface area contributed by atoms with E-state index in [1.165, 1.54) is 32.1 Å². The Hall–Kier alpha value is -3.43. The predicted octanol–water partition coefficient (Wildman–Crippen LogP) is 5.03. The Balaban J connectivity index is 2.89. The van der Waals surface area contributed by atoms with E-state index in [0.29, 0.717) is 25.3 Å². The third kappa shape index (κ3) is 16.8. The van der Waals surface area contributed by atoms with Crippen molar-refractivity contribution in [3.8, 4) is 0 Å².